The summed E-state index contributed by atoms with van der Waals surface area (Å²) >= 11 is 0. The number of pyridine rings is 1. The molecule has 1 heterocycles. The fourth-order valence-corrected chi connectivity index (χ4v) is 2.01. The van der Waals surface area contributed by atoms with Crippen LogP contribution in [0.4, 0.5) is 11.5 Å². The number of hydrogen-bond donors (Lipinski definition) is 2. The van der Waals surface area contributed by atoms with Crippen molar-refractivity contribution in [3.63, 3.8) is 0 Å². The predicted molar refractivity (Wildman–Crippen MR) is 97.8 cm³/mol. The molecule has 1 amide bonds. The Labute approximate surface area is 148 Å². The van der Waals surface area contributed by atoms with Crippen molar-refractivity contribution in [1.82, 2.24) is 4.98 Å². The van der Waals surface area contributed by atoms with Gasteiger partial charge in [-0.1, -0.05) is 0 Å². The average Bonchev–Trinajstić information content (AvgIpc) is 2.57. The summed E-state index contributed by atoms with van der Waals surface area (Å²) in [5.41, 5.74) is 1.12. The lowest BCUT2D eigenvalue weighted by molar-refractivity contribution is 0.102. The lowest BCUT2D eigenvalue weighted by Gasteiger charge is -2.12. The number of carbonyl (C=O) groups excluding carboxylic acids is 1. The molecule has 1 aromatic heterocycles. The van der Waals surface area contributed by atoms with Crippen LogP contribution in [-0.4, -0.2) is 31.2 Å². The van der Waals surface area contributed by atoms with Crippen LogP contribution in [0, 0.1) is 0 Å². The van der Waals surface area contributed by atoms with Crippen molar-refractivity contribution in [3.05, 3.63) is 42.1 Å². The molecule has 1 aromatic carbocycles. The highest BCUT2D eigenvalue weighted by molar-refractivity contribution is 6.04. The van der Waals surface area contributed by atoms with Gasteiger partial charge in [0.1, 0.15) is 5.82 Å². The van der Waals surface area contributed by atoms with E-state index < -0.39 is 0 Å². The van der Waals surface area contributed by atoms with Gasteiger partial charge >= 0.3 is 0 Å². The van der Waals surface area contributed by atoms with Crippen molar-refractivity contribution in [2.45, 2.75) is 13.8 Å². The first-order chi connectivity index (χ1) is 11.2. The van der Waals surface area contributed by atoms with E-state index >= 15 is 0 Å². The fourth-order valence-electron chi connectivity index (χ4n) is 2.01. The molecule has 2 N–H and O–H groups in total. The van der Waals surface area contributed by atoms with Crippen LogP contribution in [0.2, 0.25) is 0 Å². The predicted octanol–water partition coefficient (Wildman–Crippen LogP) is 3.59. The van der Waals surface area contributed by atoms with Crippen LogP contribution >= 0.6 is 12.4 Å². The van der Waals surface area contributed by atoms with Crippen LogP contribution in [0.25, 0.3) is 0 Å². The van der Waals surface area contributed by atoms with E-state index in [1.807, 2.05) is 13.8 Å². The Morgan fingerprint density at radius 3 is 2.38 bits per heavy atom. The van der Waals surface area contributed by atoms with Crippen molar-refractivity contribution in [3.8, 4) is 11.5 Å². The minimum absolute atomic E-state index is 0. The molecule has 0 saturated heterocycles. The van der Waals surface area contributed by atoms with Gasteiger partial charge in [-0.25, -0.2) is 4.98 Å². The number of nitrogens with zero attached hydrogens (tertiary/aromatic N) is 1. The molecule has 0 unspecified atom stereocenters. The van der Waals surface area contributed by atoms with Gasteiger partial charge in [-0.05, 0) is 44.2 Å². The van der Waals surface area contributed by atoms with Crippen LogP contribution in [0.1, 0.15) is 24.2 Å². The Morgan fingerprint density at radius 2 is 1.79 bits per heavy atom. The number of ether oxygens (including phenoxy) is 2. The van der Waals surface area contributed by atoms with E-state index in [-0.39, 0.29) is 18.3 Å². The van der Waals surface area contributed by atoms with E-state index in [0.29, 0.717) is 36.0 Å². The fraction of sp³-hybridized carbons (Fsp3) is 0.294. The van der Waals surface area contributed by atoms with Gasteiger partial charge in [0.15, 0.2) is 11.5 Å². The molecule has 0 atom stereocenters. The highest BCUT2D eigenvalue weighted by atomic mass is 35.5. The SMILES string of the molecule is CCOc1ccc(C(=O)Nc2ccc(NC)nc2)cc1OCC.Cl. The van der Waals surface area contributed by atoms with Crippen molar-refractivity contribution in [2.24, 2.45) is 0 Å². The number of nitrogens with one attached hydrogen (secondary N) is 2. The quantitative estimate of drug-likeness (QED) is 0.797. The number of hydrogen-bond acceptors (Lipinski definition) is 5. The van der Waals surface area contributed by atoms with E-state index in [1.54, 1.807) is 43.6 Å². The lowest BCUT2D eigenvalue weighted by Crippen LogP contribution is -2.12. The molecule has 130 valence electrons. The largest absolute Gasteiger partial charge is 0.490 e. The third kappa shape index (κ3) is 5.03. The molecule has 2 rings (SSSR count). The monoisotopic (exact) mass is 351 g/mol. The van der Waals surface area contributed by atoms with Crippen molar-refractivity contribution >= 4 is 29.8 Å². The van der Waals surface area contributed by atoms with Gasteiger partial charge in [-0.15, -0.1) is 12.4 Å². The van der Waals surface area contributed by atoms with Crippen LogP contribution in [0.3, 0.4) is 0 Å². The van der Waals surface area contributed by atoms with E-state index in [1.165, 1.54) is 0 Å². The van der Waals surface area contributed by atoms with Gasteiger partial charge in [0.05, 0.1) is 25.1 Å². The maximum Gasteiger partial charge on any atom is 0.255 e. The normalized spacial score (nSPS) is 9.62. The van der Waals surface area contributed by atoms with Crippen molar-refractivity contribution in [2.75, 3.05) is 30.9 Å². The molecule has 0 fully saturated rings. The first-order valence-electron chi connectivity index (χ1n) is 7.52. The molecule has 0 saturated carbocycles. The summed E-state index contributed by atoms with van der Waals surface area (Å²) in [6, 6.07) is 8.71. The summed E-state index contributed by atoms with van der Waals surface area (Å²) in [6.45, 7) is 4.82. The first-order valence-corrected chi connectivity index (χ1v) is 7.52. The topological polar surface area (TPSA) is 72.5 Å². The molecule has 6 nitrogen and oxygen atoms in total. The number of rotatable bonds is 7. The van der Waals surface area contributed by atoms with Gasteiger partial charge in [-0.3, -0.25) is 4.79 Å². The molecule has 0 aliphatic carbocycles. The van der Waals surface area contributed by atoms with Gasteiger partial charge in [0.25, 0.3) is 5.91 Å². The minimum atomic E-state index is -0.229. The van der Waals surface area contributed by atoms with E-state index in [0.717, 1.165) is 5.82 Å². The number of benzene rings is 1. The number of anilines is 2. The summed E-state index contributed by atoms with van der Waals surface area (Å²) in [4.78, 5) is 16.5. The number of amides is 1. The Balaban J connectivity index is 0.00000288. The molecular formula is C17H22ClN3O3. The number of halogens is 1. The highest BCUT2D eigenvalue weighted by Gasteiger charge is 2.12. The van der Waals surface area contributed by atoms with E-state index in [4.69, 9.17) is 9.47 Å². The Bertz CT molecular complexity index is 663. The van der Waals surface area contributed by atoms with Crippen LogP contribution in [-0.2, 0) is 0 Å². The van der Waals surface area contributed by atoms with E-state index in [9.17, 15) is 4.79 Å². The van der Waals surface area contributed by atoms with Crippen molar-refractivity contribution < 1.29 is 14.3 Å². The lowest BCUT2D eigenvalue weighted by atomic mass is 10.2. The zero-order chi connectivity index (χ0) is 16.7. The van der Waals surface area contributed by atoms with Crippen molar-refractivity contribution in [1.29, 1.82) is 0 Å². The van der Waals surface area contributed by atoms with Crippen LogP contribution < -0.4 is 20.1 Å². The van der Waals surface area contributed by atoms with Gasteiger partial charge in [0, 0.05) is 12.6 Å². The molecule has 2 aromatic rings. The molecule has 0 aliphatic rings. The maximum atomic E-state index is 12.3. The smallest absolute Gasteiger partial charge is 0.255 e. The summed E-state index contributed by atoms with van der Waals surface area (Å²) in [5.74, 6) is 1.70. The number of aromatic nitrogens is 1. The molecule has 0 aliphatic heterocycles. The maximum absolute atomic E-state index is 12.3. The minimum Gasteiger partial charge on any atom is -0.490 e. The van der Waals surface area contributed by atoms with E-state index in [2.05, 4.69) is 15.6 Å². The molecule has 0 spiro atoms. The van der Waals surface area contributed by atoms with Crippen LogP contribution in [0.15, 0.2) is 36.5 Å². The highest BCUT2D eigenvalue weighted by Crippen LogP contribution is 2.28. The molecule has 0 bridgehead atoms. The standard InChI is InChI=1S/C17H21N3O3.ClH/c1-4-22-14-8-6-12(10-15(14)23-5-2)17(21)20-13-7-9-16(18-3)19-11-13;/h6-11H,4-5H2,1-3H3,(H,18,19)(H,20,21);1H. The first kappa shape index (κ1) is 19.6. The van der Waals surface area contributed by atoms with Gasteiger partial charge in [0.2, 0.25) is 0 Å². The number of carbonyl (C=O) groups is 1. The van der Waals surface area contributed by atoms with Gasteiger partial charge in [-0.2, -0.15) is 0 Å². The second kappa shape index (κ2) is 9.62. The van der Waals surface area contributed by atoms with Crippen LogP contribution in [0.5, 0.6) is 11.5 Å². The van der Waals surface area contributed by atoms with Gasteiger partial charge < -0.3 is 20.1 Å². The zero-order valence-electron chi connectivity index (χ0n) is 14.0. The third-order valence-electron chi connectivity index (χ3n) is 3.08. The second-order valence-corrected chi connectivity index (χ2v) is 4.66. The summed E-state index contributed by atoms with van der Waals surface area (Å²) in [5, 5.41) is 5.73. The summed E-state index contributed by atoms with van der Waals surface area (Å²) < 4.78 is 11.0. The Hall–Kier alpha value is -2.47. The molecule has 0 radical (unpaired) electrons. The Morgan fingerprint density at radius 1 is 1.08 bits per heavy atom. The Kier molecular flexibility index (Phi) is 7.85. The zero-order valence-corrected chi connectivity index (χ0v) is 14.8. The summed E-state index contributed by atoms with van der Waals surface area (Å²) in [6.07, 6.45) is 1.60. The average molecular weight is 352 g/mol. The second-order valence-electron chi connectivity index (χ2n) is 4.66. The molecule has 7 heteroatoms. The third-order valence-corrected chi connectivity index (χ3v) is 3.08. The summed E-state index contributed by atoms with van der Waals surface area (Å²) in [7, 11) is 1.79. The molecular weight excluding hydrogens is 330 g/mol. The molecule has 24 heavy (non-hydrogen) atoms.